The van der Waals surface area contributed by atoms with Crippen LogP contribution < -0.4 is 11.1 Å². The summed E-state index contributed by atoms with van der Waals surface area (Å²) in [6, 6.07) is 13.7. The van der Waals surface area contributed by atoms with E-state index in [0.717, 1.165) is 18.6 Å². The summed E-state index contributed by atoms with van der Waals surface area (Å²) < 4.78 is 37.7. The Morgan fingerprint density at radius 1 is 1.05 bits per heavy atom. The van der Waals surface area contributed by atoms with Gasteiger partial charge in [0, 0.05) is 12.0 Å². The highest BCUT2D eigenvalue weighted by Gasteiger charge is 2.38. The summed E-state index contributed by atoms with van der Waals surface area (Å²) in [4.78, 5) is 0. The van der Waals surface area contributed by atoms with Gasteiger partial charge in [-0.15, -0.1) is 0 Å². The van der Waals surface area contributed by atoms with Gasteiger partial charge < -0.3 is 11.1 Å². The summed E-state index contributed by atoms with van der Waals surface area (Å²) in [6.07, 6.45) is -3.40. The van der Waals surface area contributed by atoms with E-state index in [9.17, 15) is 13.2 Å². The number of anilines is 2. The first-order valence-corrected chi connectivity index (χ1v) is 6.73. The third-order valence-corrected chi connectivity index (χ3v) is 3.74. The van der Waals surface area contributed by atoms with E-state index in [1.54, 1.807) is 0 Å². The standard InChI is InChI=1S/C16H15F3N2/c17-16(18,19)11-6-7-14(13(20)8-11)21-15-9-12(15)10-4-2-1-3-5-10/h1-8,12,15,21H,9,20H2. The zero-order chi connectivity index (χ0) is 15.0. The molecular formula is C16H15F3N2. The van der Waals surface area contributed by atoms with Crippen LogP contribution in [0.5, 0.6) is 0 Å². The predicted molar refractivity (Wildman–Crippen MR) is 77.1 cm³/mol. The molecule has 3 N–H and O–H groups in total. The van der Waals surface area contributed by atoms with Gasteiger partial charge in [0.2, 0.25) is 0 Å². The lowest BCUT2D eigenvalue weighted by Crippen LogP contribution is -2.09. The highest BCUT2D eigenvalue weighted by atomic mass is 19.4. The van der Waals surface area contributed by atoms with Crippen LogP contribution in [0, 0.1) is 0 Å². The molecule has 3 rings (SSSR count). The van der Waals surface area contributed by atoms with Gasteiger partial charge in [0.15, 0.2) is 0 Å². The van der Waals surface area contributed by atoms with E-state index in [-0.39, 0.29) is 11.7 Å². The zero-order valence-electron chi connectivity index (χ0n) is 11.2. The van der Waals surface area contributed by atoms with Crippen LogP contribution in [-0.4, -0.2) is 6.04 Å². The molecule has 2 atom stereocenters. The fourth-order valence-electron chi connectivity index (χ4n) is 2.49. The van der Waals surface area contributed by atoms with Crippen molar-refractivity contribution >= 4 is 11.4 Å². The van der Waals surface area contributed by atoms with E-state index in [4.69, 9.17) is 5.73 Å². The molecule has 0 spiro atoms. The lowest BCUT2D eigenvalue weighted by molar-refractivity contribution is -0.137. The van der Waals surface area contributed by atoms with E-state index < -0.39 is 11.7 Å². The first kappa shape index (κ1) is 13.8. The number of rotatable bonds is 3. The lowest BCUT2D eigenvalue weighted by atomic mass is 10.1. The highest BCUT2D eigenvalue weighted by Crippen LogP contribution is 2.43. The molecule has 110 valence electrons. The maximum absolute atomic E-state index is 12.6. The molecule has 1 aliphatic carbocycles. The van der Waals surface area contributed by atoms with Crippen molar-refractivity contribution in [3.8, 4) is 0 Å². The minimum absolute atomic E-state index is 0.128. The predicted octanol–water partition coefficient (Wildman–Crippen LogP) is 4.26. The monoisotopic (exact) mass is 292 g/mol. The van der Waals surface area contributed by atoms with Gasteiger partial charge in [0.1, 0.15) is 0 Å². The van der Waals surface area contributed by atoms with Crippen molar-refractivity contribution in [1.82, 2.24) is 0 Å². The number of alkyl halides is 3. The SMILES string of the molecule is Nc1cc(C(F)(F)F)ccc1NC1CC1c1ccccc1. The molecule has 5 heteroatoms. The Morgan fingerprint density at radius 3 is 2.38 bits per heavy atom. The van der Waals surface area contributed by atoms with Crippen LogP contribution in [0.4, 0.5) is 24.5 Å². The maximum atomic E-state index is 12.6. The molecule has 2 nitrogen and oxygen atoms in total. The van der Waals surface area contributed by atoms with Gasteiger partial charge in [0.25, 0.3) is 0 Å². The lowest BCUT2D eigenvalue weighted by Gasteiger charge is -2.12. The zero-order valence-corrected chi connectivity index (χ0v) is 11.2. The molecular weight excluding hydrogens is 277 g/mol. The maximum Gasteiger partial charge on any atom is 0.416 e. The van der Waals surface area contributed by atoms with Crippen LogP contribution in [0.15, 0.2) is 48.5 Å². The summed E-state index contributed by atoms with van der Waals surface area (Å²) in [7, 11) is 0. The third-order valence-electron chi connectivity index (χ3n) is 3.74. The van der Waals surface area contributed by atoms with Crippen LogP contribution >= 0.6 is 0 Å². The van der Waals surface area contributed by atoms with Crippen LogP contribution in [0.3, 0.4) is 0 Å². The fraction of sp³-hybridized carbons (Fsp3) is 0.250. The molecule has 0 radical (unpaired) electrons. The Bertz CT molecular complexity index is 638. The van der Waals surface area contributed by atoms with Crippen molar-refractivity contribution in [3.05, 3.63) is 59.7 Å². The summed E-state index contributed by atoms with van der Waals surface area (Å²) >= 11 is 0. The molecule has 1 saturated carbocycles. The van der Waals surface area contributed by atoms with Crippen LogP contribution in [0.2, 0.25) is 0 Å². The van der Waals surface area contributed by atoms with Gasteiger partial charge in [-0.3, -0.25) is 0 Å². The molecule has 0 bridgehead atoms. The molecule has 0 heterocycles. The van der Waals surface area contributed by atoms with Crippen LogP contribution in [0.25, 0.3) is 0 Å². The van der Waals surface area contributed by atoms with Gasteiger partial charge in [-0.1, -0.05) is 30.3 Å². The van der Waals surface area contributed by atoms with Gasteiger partial charge >= 0.3 is 6.18 Å². The Morgan fingerprint density at radius 2 is 1.76 bits per heavy atom. The van der Waals surface area contributed by atoms with Gasteiger partial charge in [-0.2, -0.15) is 13.2 Å². The normalized spacial score (nSPS) is 21.1. The number of halogens is 3. The largest absolute Gasteiger partial charge is 0.416 e. The fourth-order valence-corrected chi connectivity index (χ4v) is 2.49. The summed E-state index contributed by atoms with van der Waals surface area (Å²) in [5, 5.41) is 3.22. The molecule has 0 saturated heterocycles. The second kappa shape index (κ2) is 4.98. The smallest absolute Gasteiger partial charge is 0.397 e. The molecule has 2 unspecified atom stereocenters. The number of nitrogens with one attached hydrogen (secondary N) is 1. The second-order valence-electron chi connectivity index (χ2n) is 5.30. The third kappa shape index (κ3) is 2.96. The number of nitrogen functional groups attached to an aromatic ring is 1. The number of nitrogens with two attached hydrogens (primary N) is 1. The van der Waals surface area contributed by atoms with Gasteiger partial charge in [0.05, 0.1) is 16.9 Å². The van der Waals surface area contributed by atoms with Crippen molar-refractivity contribution in [2.75, 3.05) is 11.1 Å². The summed E-state index contributed by atoms with van der Waals surface area (Å²) in [5.74, 6) is 0.396. The minimum atomic E-state index is -4.36. The van der Waals surface area contributed by atoms with E-state index in [2.05, 4.69) is 17.4 Å². The second-order valence-corrected chi connectivity index (χ2v) is 5.30. The summed E-state index contributed by atoms with van der Waals surface area (Å²) in [5.41, 5.74) is 6.92. The van der Waals surface area contributed by atoms with Crippen molar-refractivity contribution in [3.63, 3.8) is 0 Å². The molecule has 1 fully saturated rings. The molecule has 0 aliphatic heterocycles. The Kier molecular flexibility index (Phi) is 3.27. The van der Waals surface area contributed by atoms with Crippen molar-refractivity contribution in [2.24, 2.45) is 0 Å². The Balaban J connectivity index is 1.70. The first-order valence-electron chi connectivity index (χ1n) is 6.73. The molecule has 21 heavy (non-hydrogen) atoms. The number of benzene rings is 2. The average Bonchev–Trinajstić information content (AvgIpc) is 3.20. The van der Waals surface area contributed by atoms with E-state index in [1.165, 1.54) is 11.6 Å². The Hall–Kier alpha value is -2.17. The van der Waals surface area contributed by atoms with Gasteiger partial charge in [-0.05, 0) is 30.2 Å². The summed E-state index contributed by atoms with van der Waals surface area (Å²) in [6.45, 7) is 0. The van der Waals surface area contributed by atoms with Gasteiger partial charge in [-0.25, -0.2) is 0 Å². The van der Waals surface area contributed by atoms with E-state index >= 15 is 0 Å². The van der Waals surface area contributed by atoms with Crippen molar-refractivity contribution < 1.29 is 13.2 Å². The van der Waals surface area contributed by atoms with Crippen molar-refractivity contribution in [2.45, 2.75) is 24.6 Å². The van der Waals surface area contributed by atoms with E-state index in [0.29, 0.717) is 11.6 Å². The van der Waals surface area contributed by atoms with E-state index in [1.807, 2.05) is 18.2 Å². The molecule has 1 aliphatic rings. The molecule has 2 aromatic rings. The molecule has 2 aromatic carbocycles. The first-order chi connectivity index (χ1) is 9.95. The quantitative estimate of drug-likeness (QED) is 0.830. The molecule has 0 amide bonds. The van der Waals surface area contributed by atoms with Crippen LogP contribution in [0.1, 0.15) is 23.5 Å². The molecule has 0 aromatic heterocycles. The van der Waals surface area contributed by atoms with Crippen LogP contribution in [-0.2, 0) is 6.18 Å². The van der Waals surface area contributed by atoms with Crippen molar-refractivity contribution in [1.29, 1.82) is 0 Å². The average molecular weight is 292 g/mol. The number of hydrogen-bond donors (Lipinski definition) is 2. The Labute approximate surface area is 120 Å². The number of hydrogen-bond acceptors (Lipinski definition) is 2. The topological polar surface area (TPSA) is 38.0 Å². The minimum Gasteiger partial charge on any atom is -0.397 e. The highest BCUT2D eigenvalue weighted by molar-refractivity contribution is 5.68.